The highest BCUT2D eigenvalue weighted by Gasteiger charge is 2.34. The molecule has 0 saturated carbocycles. The Balaban J connectivity index is 2.37. The minimum atomic E-state index is -4.71. The summed E-state index contributed by atoms with van der Waals surface area (Å²) in [4.78, 5) is 0. The Morgan fingerprint density at radius 1 is 0.783 bits per heavy atom. The largest absolute Gasteiger partial charge is 0.457 e. The zero-order valence-corrected chi connectivity index (χ0v) is 11.9. The Kier molecular flexibility index (Phi) is 4.52. The van der Waals surface area contributed by atoms with Gasteiger partial charge in [0.1, 0.15) is 11.5 Å². The Bertz CT molecular complexity index is 659. The molecule has 0 N–H and O–H groups in total. The van der Waals surface area contributed by atoms with Crippen molar-refractivity contribution in [3.63, 3.8) is 0 Å². The monoisotopic (exact) mass is 352 g/mol. The summed E-state index contributed by atoms with van der Waals surface area (Å²) < 4.78 is 81.5. The summed E-state index contributed by atoms with van der Waals surface area (Å²) in [5, 5.41) is -0.543. The molecule has 0 amide bonds. The van der Waals surface area contributed by atoms with E-state index in [9.17, 15) is 26.3 Å². The van der Waals surface area contributed by atoms with Gasteiger partial charge in [0.15, 0.2) is 0 Å². The van der Waals surface area contributed by atoms with Crippen LogP contribution in [0.4, 0.5) is 26.3 Å². The van der Waals surface area contributed by atoms with E-state index in [-0.39, 0.29) is 11.5 Å². The van der Waals surface area contributed by atoms with Crippen molar-refractivity contribution in [2.45, 2.75) is 12.4 Å². The second kappa shape index (κ2) is 5.96. The summed E-state index contributed by atoms with van der Waals surface area (Å²) in [6.07, 6.45) is -9.42. The normalized spacial score (nSPS) is 12.3. The van der Waals surface area contributed by atoms with Gasteiger partial charge in [0.05, 0.1) is 16.1 Å². The molecule has 0 atom stereocenters. The number of hydrogen-bond acceptors (Lipinski definition) is 1. The third-order valence-corrected chi connectivity index (χ3v) is 3.14. The number of alkyl halides is 6. The van der Waals surface area contributed by atoms with E-state index in [4.69, 9.17) is 23.3 Å². The zero-order chi connectivity index (χ0) is 17.4. The van der Waals surface area contributed by atoms with Gasteiger partial charge in [0.2, 0.25) is 0 Å². The maximum Gasteiger partial charge on any atom is 0.417 e. The molecule has 122 valence electrons. The Morgan fingerprint density at radius 3 is 1.78 bits per heavy atom. The van der Waals surface area contributed by atoms with Crippen molar-refractivity contribution < 1.29 is 31.1 Å². The van der Waals surface area contributed by atoms with Crippen LogP contribution in [0.2, 0.25) is 5.02 Å². The van der Waals surface area contributed by atoms with Crippen LogP contribution in [0.5, 0.6) is 11.5 Å². The molecule has 2 aromatic carbocycles. The van der Waals surface area contributed by atoms with Gasteiger partial charge in [-0.3, -0.25) is 0 Å². The van der Waals surface area contributed by atoms with Gasteiger partial charge in [-0.1, -0.05) is 17.7 Å². The molecule has 0 heterocycles. The summed E-state index contributed by atoms with van der Waals surface area (Å²) in [5.41, 5.74) is -2.81. The fraction of sp³-hybridized carbons (Fsp3) is 0.133. The van der Waals surface area contributed by atoms with Gasteiger partial charge in [-0.2, -0.15) is 26.3 Å². The van der Waals surface area contributed by atoms with Crippen molar-refractivity contribution in [1.29, 1.82) is 0 Å². The van der Waals surface area contributed by atoms with Gasteiger partial charge in [0.25, 0.3) is 0 Å². The molecule has 2 aromatic rings. The summed E-state index contributed by atoms with van der Waals surface area (Å²) in [7, 11) is 0. The Labute approximate surface area is 132 Å². The third kappa shape index (κ3) is 4.10. The minimum Gasteiger partial charge on any atom is -0.457 e. The topological polar surface area (TPSA) is 9.23 Å². The number of halogens is 7. The van der Waals surface area contributed by atoms with E-state index in [0.717, 1.165) is 24.3 Å². The van der Waals surface area contributed by atoms with Gasteiger partial charge in [-0.25, -0.2) is 0 Å². The fourth-order valence-corrected chi connectivity index (χ4v) is 1.99. The molecule has 0 fully saturated rings. The average Bonchev–Trinajstić information content (AvgIpc) is 2.40. The standard InChI is InChI=1S/C15H7ClF6O/c1-8-2-3-9(6-11(8)14(17,18)19)23-10-4-5-13(16)12(7-10)15(20,21)22/h1-7H. The van der Waals surface area contributed by atoms with Crippen LogP contribution in [0.1, 0.15) is 16.7 Å². The average molecular weight is 353 g/mol. The molecule has 0 spiro atoms. The van der Waals surface area contributed by atoms with Gasteiger partial charge in [0, 0.05) is 0 Å². The van der Waals surface area contributed by atoms with E-state index in [1.54, 1.807) is 0 Å². The molecule has 0 unspecified atom stereocenters. The molecule has 1 nitrogen and oxygen atoms in total. The zero-order valence-electron chi connectivity index (χ0n) is 11.1. The predicted octanol–water partition coefficient (Wildman–Crippen LogP) is 6.23. The van der Waals surface area contributed by atoms with Gasteiger partial charge >= 0.3 is 12.4 Å². The molecule has 0 aliphatic heterocycles. The number of hydrogen-bond donors (Lipinski definition) is 0. The van der Waals surface area contributed by atoms with Crippen molar-refractivity contribution >= 4 is 11.6 Å². The lowest BCUT2D eigenvalue weighted by Gasteiger charge is -2.14. The maximum atomic E-state index is 12.7. The first kappa shape index (κ1) is 17.5. The van der Waals surface area contributed by atoms with E-state index >= 15 is 0 Å². The summed E-state index contributed by atoms with van der Waals surface area (Å²) in [5.74, 6) is -0.610. The Hall–Kier alpha value is -1.89. The van der Waals surface area contributed by atoms with Crippen LogP contribution in [0.15, 0.2) is 36.4 Å². The van der Waals surface area contributed by atoms with Crippen LogP contribution in [-0.4, -0.2) is 0 Å². The number of benzene rings is 2. The SMILES string of the molecule is [CH]c1ccc(Oc2ccc(Cl)c(C(F)(F)F)c2)cc1C(F)(F)F. The van der Waals surface area contributed by atoms with Crippen LogP contribution in [0.3, 0.4) is 0 Å². The highest BCUT2D eigenvalue weighted by atomic mass is 35.5. The summed E-state index contributed by atoms with van der Waals surface area (Å²) >= 11 is 5.45. The molecular formula is C15H7ClF6O. The Morgan fingerprint density at radius 2 is 1.26 bits per heavy atom. The van der Waals surface area contributed by atoms with E-state index in [1.807, 2.05) is 0 Å². The molecule has 0 aromatic heterocycles. The minimum absolute atomic E-state index is 0.304. The van der Waals surface area contributed by atoms with Crippen LogP contribution in [0.25, 0.3) is 0 Å². The second-order valence-corrected chi connectivity index (χ2v) is 4.90. The first-order chi connectivity index (χ1) is 10.5. The third-order valence-electron chi connectivity index (χ3n) is 2.81. The van der Waals surface area contributed by atoms with E-state index in [2.05, 4.69) is 0 Å². The molecule has 0 bridgehead atoms. The molecule has 2 rings (SSSR count). The molecule has 23 heavy (non-hydrogen) atoms. The van der Waals surface area contributed by atoms with Crippen LogP contribution >= 0.6 is 11.6 Å². The van der Waals surface area contributed by atoms with Gasteiger partial charge < -0.3 is 4.74 Å². The van der Waals surface area contributed by atoms with Crippen molar-refractivity contribution in [3.05, 3.63) is 65.0 Å². The van der Waals surface area contributed by atoms with Gasteiger partial charge in [-0.15, -0.1) is 0 Å². The first-order valence-electron chi connectivity index (χ1n) is 6.00. The number of rotatable bonds is 2. The van der Waals surface area contributed by atoms with Crippen LogP contribution in [0, 0.1) is 6.92 Å². The first-order valence-corrected chi connectivity index (χ1v) is 6.37. The van der Waals surface area contributed by atoms with Crippen LogP contribution < -0.4 is 4.74 Å². The molecule has 0 aliphatic rings. The highest BCUT2D eigenvalue weighted by Crippen LogP contribution is 2.39. The van der Waals surface area contributed by atoms with E-state index in [1.165, 1.54) is 0 Å². The van der Waals surface area contributed by atoms with Crippen molar-refractivity contribution in [3.8, 4) is 11.5 Å². The highest BCUT2D eigenvalue weighted by molar-refractivity contribution is 6.31. The smallest absolute Gasteiger partial charge is 0.417 e. The lowest BCUT2D eigenvalue weighted by molar-refractivity contribution is -0.138. The molecule has 8 heteroatoms. The van der Waals surface area contributed by atoms with Crippen molar-refractivity contribution in [2.75, 3.05) is 0 Å². The molecule has 0 aliphatic carbocycles. The fourth-order valence-electron chi connectivity index (χ4n) is 1.77. The quantitative estimate of drug-likeness (QED) is 0.582. The number of ether oxygens (including phenoxy) is 1. The summed E-state index contributed by atoms with van der Waals surface area (Å²) in [6, 6.07) is 5.34. The van der Waals surface area contributed by atoms with E-state index in [0.29, 0.717) is 12.1 Å². The molecule has 0 saturated heterocycles. The molecule has 2 radical (unpaired) electrons. The second-order valence-electron chi connectivity index (χ2n) is 4.49. The predicted molar refractivity (Wildman–Crippen MR) is 71.4 cm³/mol. The van der Waals surface area contributed by atoms with Crippen molar-refractivity contribution in [1.82, 2.24) is 0 Å². The lowest BCUT2D eigenvalue weighted by Crippen LogP contribution is -2.08. The van der Waals surface area contributed by atoms with E-state index < -0.39 is 34.1 Å². The summed E-state index contributed by atoms with van der Waals surface area (Å²) in [6.45, 7) is 5.23. The van der Waals surface area contributed by atoms with Gasteiger partial charge in [-0.05, 0) is 42.8 Å². The maximum absolute atomic E-state index is 12.7. The molecular weight excluding hydrogens is 346 g/mol. The van der Waals surface area contributed by atoms with Crippen LogP contribution in [-0.2, 0) is 12.4 Å². The van der Waals surface area contributed by atoms with Crippen molar-refractivity contribution in [2.24, 2.45) is 0 Å². The lowest BCUT2D eigenvalue weighted by atomic mass is 10.1.